The number of amides is 3. The standard InChI is InChI=1S/C21H23N3O3S/c1-5-12(2)24-20(26)18(28-21(24)27)11-16-10-13(3)23(14(16)4)17-8-6-15(7-9-17)19(22)25/h6-12H,5H2,1-4H3,(H2,22,25)/b18-11+/t12-/m0/s1. The molecule has 6 nitrogen and oxygen atoms in total. The maximum atomic E-state index is 12.7. The number of primary amides is 1. The summed E-state index contributed by atoms with van der Waals surface area (Å²) in [5, 5.41) is -0.221. The minimum Gasteiger partial charge on any atom is -0.366 e. The highest BCUT2D eigenvalue weighted by Gasteiger charge is 2.37. The van der Waals surface area contributed by atoms with Crippen molar-refractivity contribution in [2.24, 2.45) is 5.73 Å². The first kappa shape index (κ1) is 19.9. The van der Waals surface area contributed by atoms with Crippen molar-refractivity contribution in [3.05, 3.63) is 57.8 Å². The summed E-state index contributed by atoms with van der Waals surface area (Å²) in [6.07, 6.45) is 2.50. The van der Waals surface area contributed by atoms with Gasteiger partial charge >= 0.3 is 0 Å². The van der Waals surface area contributed by atoms with Crippen LogP contribution in [0.1, 0.15) is 47.6 Å². The summed E-state index contributed by atoms with van der Waals surface area (Å²) in [4.78, 5) is 37.9. The summed E-state index contributed by atoms with van der Waals surface area (Å²) in [7, 11) is 0. The van der Waals surface area contributed by atoms with Gasteiger partial charge in [0.05, 0.1) is 4.91 Å². The lowest BCUT2D eigenvalue weighted by Gasteiger charge is -2.19. The third-order valence-corrected chi connectivity index (χ3v) is 5.91. The Balaban J connectivity index is 1.96. The van der Waals surface area contributed by atoms with E-state index >= 15 is 0 Å². The van der Waals surface area contributed by atoms with Gasteiger partial charge in [-0.3, -0.25) is 19.3 Å². The summed E-state index contributed by atoms with van der Waals surface area (Å²) in [5.41, 5.74) is 9.46. The quantitative estimate of drug-likeness (QED) is 0.772. The molecule has 0 unspecified atom stereocenters. The lowest BCUT2D eigenvalue weighted by molar-refractivity contribution is -0.124. The van der Waals surface area contributed by atoms with Gasteiger partial charge in [0.15, 0.2) is 0 Å². The Kier molecular flexibility index (Phi) is 5.47. The number of imide groups is 1. The van der Waals surface area contributed by atoms with Crippen LogP contribution in [0.15, 0.2) is 35.2 Å². The Morgan fingerprint density at radius 2 is 1.86 bits per heavy atom. The van der Waals surface area contributed by atoms with Crippen LogP contribution in [0.25, 0.3) is 11.8 Å². The predicted octanol–water partition coefficient (Wildman–Crippen LogP) is 4.03. The maximum Gasteiger partial charge on any atom is 0.293 e. The lowest BCUT2D eigenvalue weighted by atomic mass is 10.2. The van der Waals surface area contributed by atoms with Gasteiger partial charge in [-0.2, -0.15) is 0 Å². The van der Waals surface area contributed by atoms with Crippen LogP contribution in [0.3, 0.4) is 0 Å². The number of carbonyl (C=O) groups excluding carboxylic acids is 3. The molecular weight excluding hydrogens is 374 g/mol. The molecule has 1 aliphatic heterocycles. The summed E-state index contributed by atoms with van der Waals surface area (Å²) in [6, 6.07) is 8.91. The first-order chi connectivity index (χ1) is 13.2. The zero-order chi connectivity index (χ0) is 20.6. The van der Waals surface area contributed by atoms with E-state index in [9.17, 15) is 14.4 Å². The van der Waals surface area contributed by atoms with Crippen LogP contribution in [0, 0.1) is 13.8 Å². The van der Waals surface area contributed by atoms with Crippen molar-refractivity contribution in [1.29, 1.82) is 0 Å². The second-order valence-electron chi connectivity index (χ2n) is 6.88. The Morgan fingerprint density at radius 1 is 1.21 bits per heavy atom. The molecule has 1 saturated heterocycles. The molecule has 146 valence electrons. The first-order valence-electron chi connectivity index (χ1n) is 9.10. The van der Waals surface area contributed by atoms with Gasteiger partial charge in [-0.1, -0.05) is 6.92 Å². The number of hydrogen-bond donors (Lipinski definition) is 1. The molecule has 1 aliphatic rings. The van der Waals surface area contributed by atoms with Gasteiger partial charge in [-0.15, -0.1) is 0 Å². The molecule has 1 aromatic carbocycles. The zero-order valence-electron chi connectivity index (χ0n) is 16.4. The number of nitrogens with zero attached hydrogens (tertiary/aromatic N) is 2. The third kappa shape index (κ3) is 3.49. The molecule has 0 radical (unpaired) electrons. The van der Waals surface area contributed by atoms with E-state index in [-0.39, 0.29) is 17.2 Å². The van der Waals surface area contributed by atoms with E-state index in [2.05, 4.69) is 0 Å². The second kappa shape index (κ2) is 7.67. The summed E-state index contributed by atoms with van der Waals surface area (Å²) in [6.45, 7) is 7.76. The van der Waals surface area contributed by atoms with E-state index in [1.165, 1.54) is 4.90 Å². The summed E-state index contributed by atoms with van der Waals surface area (Å²) in [5.74, 6) is -0.704. The Hall–Kier alpha value is -2.80. The van der Waals surface area contributed by atoms with E-state index in [1.807, 2.05) is 50.5 Å². The Morgan fingerprint density at radius 3 is 2.43 bits per heavy atom. The number of benzene rings is 1. The molecule has 7 heteroatoms. The monoisotopic (exact) mass is 397 g/mol. The number of hydrogen-bond acceptors (Lipinski definition) is 4. The highest BCUT2D eigenvalue weighted by molar-refractivity contribution is 8.18. The highest BCUT2D eigenvalue weighted by Crippen LogP contribution is 2.35. The van der Waals surface area contributed by atoms with Gasteiger partial charge in [0, 0.05) is 28.7 Å². The topological polar surface area (TPSA) is 85.4 Å². The minimum absolute atomic E-state index is 0.116. The van der Waals surface area contributed by atoms with Crippen molar-refractivity contribution in [3.8, 4) is 5.69 Å². The molecule has 2 N–H and O–H groups in total. The SMILES string of the molecule is CC[C@H](C)N1C(=O)S/C(=C/c2cc(C)n(-c3ccc(C(N)=O)cc3)c2C)C1=O. The van der Waals surface area contributed by atoms with Crippen molar-refractivity contribution in [3.63, 3.8) is 0 Å². The van der Waals surface area contributed by atoms with Crippen LogP contribution >= 0.6 is 11.8 Å². The van der Waals surface area contributed by atoms with Gasteiger partial charge < -0.3 is 10.3 Å². The van der Waals surface area contributed by atoms with E-state index in [1.54, 1.807) is 18.2 Å². The normalized spacial score (nSPS) is 16.9. The van der Waals surface area contributed by atoms with Crippen molar-refractivity contribution >= 4 is 34.9 Å². The van der Waals surface area contributed by atoms with Crippen LogP contribution in [0.4, 0.5) is 4.79 Å². The molecule has 3 amide bonds. The Bertz CT molecular complexity index is 989. The summed E-state index contributed by atoms with van der Waals surface area (Å²) < 4.78 is 2.04. The molecule has 0 saturated carbocycles. The van der Waals surface area contributed by atoms with Gasteiger partial charge in [0.1, 0.15) is 0 Å². The van der Waals surface area contributed by atoms with E-state index in [4.69, 9.17) is 5.73 Å². The molecule has 2 heterocycles. The van der Waals surface area contributed by atoms with Crippen LogP contribution in [0.5, 0.6) is 0 Å². The van der Waals surface area contributed by atoms with Gasteiger partial charge in [0.2, 0.25) is 5.91 Å². The number of aryl methyl sites for hydroxylation is 1. The highest BCUT2D eigenvalue weighted by atomic mass is 32.2. The predicted molar refractivity (Wildman–Crippen MR) is 111 cm³/mol. The second-order valence-corrected chi connectivity index (χ2v) is 7.88. The fourth-order valence-corrected chi connectivity index (χ4v) is 4.21. The molecular formula is C21H23N3O3S. The number of aromatic nitrogens is 1. The molecule has 0 aliphatic carbocycles. The van der Waals surface area contributed by atoms with Crippen LogP contribution in [0.2, 0.25) is 0 Å². The van der Waals surface area contributed by atoms with Crippen molar-refractivity contribution < 1.29 is 14.4 Å². The molecule has 1 fully saturated rings. The average molecular weight is 398 g/mol. The molecule has 28 heavy (non-hydrogen) atoms. The number of thioether (sulfide) groups is 1. The lowest BCUT2D eigenvalue weighted by Crippen LogP contribution is -2.36. The van der Waals surface area contributed by atoms with Crippen LogP contribution in [-0.2, 0) is 4.79 Å². The Labute approximate surface area is 168 Å². The van der Waals surface area contributed by atoms with Crippen LogP contribution < -0.4 is 5.73 Å². The molecule has 0 bridgehead atoms. The molecule has 3 rings (SSSR count). The van der Waals surface area contributed by atoms with E-state index in [0.29, 0.717) is 10.5 Å². The van der Waals surface area contributed by atoms with Gasteiger partial charge in [0.25, 0.3) is 11.1 Å². The van der Waals surface area contributed by atoms with Crippen molar-refractivity contribution in [2.45, 2.75) is 40.2 Å². The molecule has 1 aromatic heterocycles. The maximum absolute atomic E-state index is 12.7. The summed E-state index contributed by atoms with van der Waals surface area (Å²) >= 11 is 0.983. The molecule has 2 aromatic rings. The van der Waals surface area contributed by atoms with Crippen molar-refractivity contribution in [2.75, 3.05) is 0 Å². The molecule has 0 spiro atoms. The fraction of sp³-hybridized carbons (Fsp3) is 0.286. The van der Waals surface area contributed by atoms with E-state index < -0.39 is 5.91 Å². The third-order valence-electron chi connectivity index (χ3n) is 5.02. The average Bonchev–Trinajstić information content (AvgIpc) is 3.09. The fourth-order valence-electron chi connectivity index (χ4n) is 3.29. The van der Waals surface area contributed by atoms with Crippen molar-refractivity contribution in [1.82, 2.24) is 9.47 Å². The zero-order valence-corrected chi connectivity index (χ0v) is 17.2. The van der Waals surface area contributed by atoms with Gasteiger partial charge in [-0.25, -0.2) is 0 Å². The number of carbonyl (C=O) groups is 3. The molecule has 1 atom stereocenters. The van der Waals surface area contributed by atoms with Gasteiger partial charge in [-0.05, 0) is 80.9 Å². The van der Waals surface area contributed by atoms with Crippen LogP contribution in [-0.4, -0.2) is 32.6 Å². The minimum atomic E-state index is -0.467. The smallest absolute Gasteiger partial charge is 0.293 e. The number of rotatable bonds is 5. The largest absolute Gasteiger partial charge is 0.366 e. The van der Waals surface area contributed by atoms with E-state index in [0.717, 1.165) is 40.8 Å². The number of nitrogens with two attached hydrogens (primary N) is 1. The first-order valence-corrected chi connectivity index (χ1v) is 9.92.